The van der Waals surface area contributed by atoms with Crippen molar-refractivity contribution >= 4 is 76.6 Å². The number of furan rings is 3. The molecule has 7 nitrogen and oxygen atoms in total. The number of rotatable bonds is 11. The van der Waals surface area contributed by atoms with Crippen molar-refractivity contribution in [2.24, 2.45) is 0 Å². The maximum Gasteiger partial charge on any atom is 0.160 e. The van der Waals surface area contributed by atoms with Crippen molar-refractivity contribution in [3.63, 3.8) is 0 Å². The van der Waals surface area contributed by atoms with Crippen molar-refractivity contribution in [1.29, 1.82) is 0 Å². The molecule has 452 valence electrons. The van der Waals surface area contributed by atoms with E-state index >= 15 is 0 Å². The molecular formula is C90H54N4O3. The molecule has 0 unspecified atom stereocenters. The van der Waals surface area contributed by atoms with Crippen LogP contribution in [0, 0.1) is 0 Å². The van der Waals surface area contributed by atoms with Gasteiger partial charge in [0, 0.05) is 65.7 Å². The van der Waals surface area contributed by atoms with Gasteiger partial charge in [-0.15, -0.1) is 0 Å². The van der Waals surface area contributed by atoms with E-state index in [1.165, 1.54) is 10.8 Å². The number of para-hydroxylation sites is 2. The Morgan fingerprint density at radius 2 is 0.577 bits per heavy atom. The van der Waals surface area contributed by atoms with Gasteiger partial charge in [-0.25, -0.2) is 19.9 Å². The first-order valence-electron chi connectivity index (χ1n) is 32.6. The highest BCUT2D eigenvalue weighted by Crippen LogP contribution is 2.43. The van der Waals surface area contributed by atoms with Crippen LogP contribution < -0.4 is 0 Å². The summed E-state index contributed by atoms with van der Waals surface area (Å²) in [6, 6.07) is 115. The topological polar surface area (TPSA) is 91.0 Å². The lowest BCUT2D eigenvalue weighted by atomic mass is 9.93. The molecule has 5 heterocycles. The second kappa shape index (κ2) is 22.9. The van der Waals surface area contributed by atoms with Crippen LogP contribution >= 0.6 is 0 Å². The molecule has 0 radical (unpaired) electrons. The van der Waals surface area contributed by atoms with E-state index in [1.54, 1.807) is 0 Å². The van der Waals surface area contributed by atoms with Gasteiger partial charge in [0.15, 0.2) is 11.6 Å². The van der Waals surface area contributed by atoms with Gasteiger partial charge in [0.05, 0.1) is 22.8 Å². The van der Waals surface area contributed by atoms with Gasteiger partial charge in [-0.1, -0.05) is 231 Å². The van der Waals surface area contributed by atoms with Gasteiger partial charge in [0.2, 0.25) is 0 Å². The maximum atomic E-state index is 6.80. The van der Waals surface area contributed by atoms with Crippen LogP contribution in [0.25, 0.3) is 200 Å². The van der Waals surface area contributed by atoms with Gasteiger partial charge in [-0.2, -0.15) is 0 Å². The van der Waals surface area contributed by atoms with Crippen LogP contribution in [0.5, 0.6) is 0 Å². The second-order valence-electron chi connectivity index (χ2n) is 24.9. The summed E-state index contributed by atoms with van der Waals surface area (Å²) >= 11 is 0. The van der Waals surface area contributed by atoms with E-state index in [-0.39, 0.29) is 0 Å². The monoisotopic (exact) mass is 1240 g/mol. The Kier molecular flexibility index (Phi) is 13.1. The summed E-state index contributed by atoms with van der Waals surface area (Å²) < 4.78 is 19.6. The Hall–Kier alpha value is -13.1. The molecule has 0 atom stereocenters. The molecule has 0 N–H and O–H groups in total. The van der Waals surface area contributed by atoms with Crippen molar-refractivity contribution in [3.8, 4) is 123 Å². The Morgan fingerprint density at radius 1 is 0.175 bits per heavy atom. The van der Waals surface area contributed by atoms with Crippen LogP contribution in [0.4, 0.5) is 0 Å². The fraction of sp³-hybridized carbons (Fsp3) is 0. The summed E-state index contributed by atoms with van der Waals surface area (Å²) in [5, 5.41) is 8.86. The molecular weight excluding hydrogens is 1190 g/mol. The van der Waals surface area contributed by atoms with E-state index in [4.69, 9.17) is 33.2 Å². The fourth-order valence-corrected chi connectivity index (χ4v) is 14.0. The Morgan fingerprint density at radius 3 is 1.27 bits per heavy atom. The highest BCUT2D eigenvalue weighted by Gasteiger charge is 2.20. The molecule has 0 saturated heterocycles. The molecule has 0 saturated carbocycles. The molecule has 14 aromatic carbocycles. The largest absolute Gasteiger partial charge is 0.456 e. The number of benzene rings is 14. The average Bonchev–Trinajstić information content (AvgIpc) is 1.73. The van der Waals surface area contributed by atoms with Crippen molar-refractivity contribution < 1.29 is 13.3 Å². The Balaban J connectivity index is 0.691. The minimum Gasteiger partial charge on any atom is -0.456 e. The molecule has 0 aliphatic rings. The average molecular weight is 1240 g/mol. The van der Waals surface area contributed by atoms with Crippen LogP contribution in [0.2, 0.25) is 0 Å². The zero-order valence-electron chi connectivity index (χ0n) is 52.2. The van der Waals surface area contributed by atoms with Gasteiger partial charge < -0.3 is 13.3 Å². The number of hydrogen-bond donors (Lipinski definition) is 0. The standard InChI is InChI=1S/C90H54N4O3/c1-3-16-58(17-4-1)78-54-81(94-89(91-78)61-18-5-2-6-19-61)71-48-69(66-39-42-74-73-23-9-11-26-82(73)96-86(74)51-66)47-70(49-71)67-40-43-75-77-50-65(41-44-84(77)97-87(75)52-67)63-21-13-22-68(46-63)90-92-79(59-34-29-56(30-35-59)64-38-31-55-15-7-8-20-62(55)45-64)53-80(93-90)60-36-32-57(33-37-60)72-25-14-28-85-88(72)76-24-10-12-27-83(76)95-85/h1-54H. The first-order valence-corrected chi connectivity index (χ1v) is 32.6. The number of nitrogens with zero attached hydrogens (tertiary/aromatic N) is 4. The lowest BCUT2D eigenvalue weighted by molar-refractivity contribution is 0.668. The van der Waals surface area contributed by atoms with Crippen LogP contribution in [0.3, 0.4) is 0 Å². The Labute approximate surface area is 557 Å². The number of hydrogen-bond acceptors (Lipinski definition) is 7. The highest BCUT2D eigenvalue weighted by molar-refractivity contribution is 6.13. The van der Waals surface area contributed by atoms with Crippen LogP contribution in [-0.2, 0) is 0 Å². The van der Waals surface area contributed by atoms with E-state index in [0.29, 0.717) is 11.6 Å². The zero-order chi connectivity index (χ0) is 63.9. The molecule has 7 heteroatoms. The number of fused-ring (bicyclic) bond motifs is 10. The van der Waals surface area contributed by atoms with Crippen LogP contribution in [0.15, 0.2) is 341 Å². The number of aromatic nitrogens is 4. The smallest absolute Gasteiger partial charge is 0.160 e. The molecule has 0 spiro atoms. The summed E-state index contributed by atoms with van der Waals surface area (Å²) in [7, 11) is 0. The minimum absolute atomic E-state index is 0.629. The molecule has 0 aliphatic heterocycles. The second-order valence-corrected chi connectivity index (χ2v) is 24.9. The van der Waals surface area contributed by atoms with Crippen molar-refractivity contribution in [1.82, 2.24) is 19.9 Å². The molecule has 97 heavy (non-hydrogen) atoms. The van der Waals surface area contributed by atoms with Crippen molar-refractivity contribution in [3.05, 3.63) is 328 Å². The summed E-state index contributed by atoms with van der Waals surface area (Å²) in [6.07, 6.45) is 0. The lowest BCUT2D eigenvalue weighted by Crippen LogP contribution is -1.96. The predicted molar refractivity (Wildman–Crippen MR) is 397 cm³/mol. The summed E-state index contributed by atoms with van der Waals surface area (Å²) in [5.74, 6) is 1.28. The maximum absolute atomic E-state index is 6.80. The normalized spacial score (nSPS) is 11.7. The SMILES string of the molecule is c1ccc(-c2cc(-c3cc(-c4ccc5c(c4)oc4ccccc45)cc(-c4ccc5c(c4)oc4ccc(-c6cccc(-c7nc(-c8ccc(-c9ccc%10ccccc%10c9)cc8)cc(-c8ccc(-c9cccc%10oc%11ccccc%11c9%10)cc8)n7)c6)cc45)c3)nc(-c3ccccc3)n2)cc1. The molecule has 19 aromatic rings. The van der Waals surface area contributed by atoms with E-state index in [1.807, 2.05) is 66.7 Å². The van der Waals surface area contributed by atoms with Gasteiger partial charge in [0.1, 0.15) is 33.5 Å². The van der Waals surface area contributed by atoms with Crippen LogP contribution in [0.1, 0.15) is 0 Å². The molecule has 0 bridgehead atoms. The van der Waals surface area contributed by atoms with Crippen LogP contribution in [-0.4, -0.2) is 19.9 Å². The summed E-state index contributed by atoms with van der Waals surface area (Å²) in [4.78, 5) is 21.2. The fourth-order valence-electron chi connectivity index (χ4n) is 14.0. The van der Waals surface area contributed by atoms with E-state index in [9.17, 15) is 0 Å². The first-order chi connectivity index (χ1) is 48.0. The quantitative estimate of drug-likeness (QED) is 0.127. The first kappa shape index (κ1) is 55.5. The summed E-state index contributed by atoms with van der Waals surface area (Å²) in [5.41, 5.74) is 24.8. The third-order valence-corrected chi connectivity index (χ3v) is 18.9. The van der Waals surface area contributed by atoms with E-state index < -0.39 is 0 Å². The summed E-state index contributed by atoms with van der Waals surface area (Å²) in [6.45, 7) is 0. The van der Waals surface area contributed by atoms with Gasteiger partial charge >= 0.3 is 0 Å². The predicted octanol–water partition coefficient (Wildman–Crippen LogP) is 24.5. The molecule has 19 rings (SSSR count). The molecule has 0 fully saturated rings. The van der Waals surface area contributed by atoms with Crippen molar-refractivity contribution in [2.45, 2.75) is 0 Å². The molecule has 5 aromatic heterocycles. The third kappa shape index (κ3) is 10.1. The lowest BCUT2D eigenvalue weighted by Gasteiger charge is -2.13. The van der Waals surface area contributed by atoms with E-state index in [2.05, 4.69) is 261 Å². The minimum atomic E-state index is 0.629. The zero-order valence-corrected chi connectivity index (χ0v) is 52.2. The third-order valence-electron chi connectivity index (χ3n) is 18.9. The van der Waals surface area contributed by atoms with Crippen molar-refractivity contribution in [2.75, 3.05) is 0 Å². The Bertz CT molecular complexity index is 6250. The molecule has 0 amide bonds. The molecule has 0 aliphatic carbocycles. The van der Waals surface area contributed by atoms with Gasteiger partial charge in [0.25, 0.3) is 0 Å². The van der Waals surface area contributed by atoms with Gasteiger partial charge in [-0.3, -0.25) is 0 Å². The van der Waals surface area contributed by atoms with Gasteiger partial charge in [-0.05, 0) is 163 Å². The highest BCUT2D eigenvalue weighted by atomic mass is 16.3. The van der Waals surface area contributed by atoms with E-state index in [0.717, 1.165) is 178 Å².